The first-order chi connectivity index (χ1) is 7.52. The highest BCUT2D eigenvalue weighted by Gasteiger charge is 2.42. The van der Waals surface area contributed by atoms with Gasteiger partial charge in [-0.05, 0) is 40.9 Å². The van der Waals surface area contributed by atoms with Crippen molar-refractivity contribution < 1.29 is 4.79 Å². The van der Waals surface area contributed by atoms with E-state index in [-0.39, 0.29) is 11.5 Å². The average Bonchev–Trinajstić information content (AvgIpc) is 2.76. The molecule has 2 unspecified atom stereocenters. The number of carbonyl (C=O) groups is 1. The van der Waals surface area contributed by atoms with Crippen LogP contribution in [0.5, 0.6) is 0 Å². The molecule has 1 aromatic rings. The first-order valence-electron chi connectivity index (χ1n) is 5.55. The summed E-state index contributed by atoms with van der Waals surface area (Å²) >= 11 is 5.04. The van der Waals surface area contributed by atoms with Crippen LogP contribution in [0.2, 0.25) is 0 Å². The second-order valence-electron chi connectivity index (χ2n) is 4.72. The van der Waals surface area contributed by atoms with Crippen LogP contribution >= 0.6 is 27.3 Å². The molecule has 2 N–H and O–H groups in total. The van der Waals surface area contributed by atoms with E-state index >= 15 is 0 Å². The van der Waals surface area contributed by atoms with Crippen molar-refractivity contribution in [1.82, 2.24) is 0 Å². The zero-order valence-corrected chi connectivity index (χ0v) is 11.7. The van der Waals surface area contributed by atoms with Gasteiger partial charge in [-0.3, -0.25) is 4.79 Å². The number of Topliss-reactive ketones (excluding diaryl/α,β-unsaturated/α-hetero) is 1. The van der Waals surface area contributed by atoms with E-state index in [1.54, 1.807) is 11.3 Å². The van der Waals surface area contributed by atoms with Crippen molar-refractivity contribution in [3.8, 4) is 0 Å². The summed E-state index contributed by atoms with van der Waals surface area (Å²) < 4.78 is 1.08. The minimum Gasteiger partial charge on any atom is -0.327 e. The topological polar surface area (TPSA) is 43.1 Å². The predicted octanol–water partition coefficient (Wildman–Crippen LogP) is 3.14. The van der Waals surface area contributed by atoms with Gasteiger partial charge in [0.25, 0.3) is 0 Å². The number of hydrogen-bond donors (Lipinski definition) is 1. The Morgan fingerprint density at radius 3 is 2.94 bits per heavy atom. The lowest BCUT2D eigenvalue weighted by atomic mass is 9.79. The fourth-order valence-corrected chi connectivity index (χ4v) is 3.83. The molecule has 88 valence electrons. The molecule has 0 saturated heterocycles. The van der Waals surface area contributed by atoms with Gasteiger partial charge >= 0.3 is 0 Å². The summed E-state index contributed by atoms with van der Waals surface area (Å²) in [6.45, 7) is 2.02. The Morgan fingerprint density at radius 2 is 2.44 bits per heavy atom. The molecule has 0 bridgehead atoms. The highest BCUT2D eigenvalue weighted by molar-refractivity contribution is 9.11. The highest BCUT2D eigenvalue weighted by Crippen LogP contribution is 2.38. The van der Waals surface area contributed by atoms with E-state index in [0.717, 1.165) is 27.9 Å². The largest absolute Gasteiger partial charge is 0.327 e. The summed E-state index contributed by atoms with van der Waals surface area (Å²) in [6, 6.07) is 4.05. The molecular weight excluding hydrogens is 286 g/mol. The molecule has 1 fully saturated rings. The maximum atomic E-state index is 12.3. The quantitative estimate of drug-likeness (QED) is 0.932. The number of carbonyl (C=O) groups excluding carboxylic acids is 1. The summed E-state index contributed by atoms with van der Waals surface area (Å²) in [4.78, 5) is 13.4. The predicted molar refractivity (Wildman–Crippen MR) is 70.7 cm³/mol. The molecule has 1 saturated carbocycles. The summed E-state index contributed by atoms with van der Waals surface area (Å²) in [5, 5.41) is 0. The molecule has 1 aromatic heterocycles. The van der Waals surface area contributed by atoms with Crippen LogP contribution in [-0.2, 0) is 11.2 Å². The Morgan fingerprint density at radius 1 is 1.69 bits per heavy atom. The second kappa shape index (κ2) is 4.59. The van der Waals surface area contributed by atoms with Gasteiger partial charge in [0.2, 0.25) is 0 Å². The normalized spacial score (nSPS) is 29.6. The summed E-state index contributed by atoms with van der Waals surface area (Å²) in [5.74, 6) is 0.298. The van der Waals surface area contributed by atoms with Gasteiger partial charge in [0.05, 0.1) is 3.79 Å². The van der Waals surface area contributed by atoms with Crippen molar-refractivity contribution in [2.45, 2.75) is 38.6 Å². The van der Waals surface area contributed by atoms with Gasteiger partial charge in [-0.25, -0.2) is 0 Å². The van der Waals surface area contributed by atoms with E-state index in [9.17, 15) is 4.79 Å². The van der Waals surface area contributed by atoms with Crippen LogP contribution in [0.15, 0.2) is 15.9 Å². The number of ketones is 1. The van der Waals surface area contributed by atoms with Crippen LogP contribution in [-0.4, -0.2) is 11.8 Å². The van der Waals surface area contributed by atoms with E-state index < -0.39 is 0 Å². The van der Waals surface area contributed by atoms with E-state index in [1.807, 2.05) is 19.1 Å². The molecule has 0 spiro atoms. The molecule has 0 aliphatic heterocycles. The maximum Gasteiger partial charge on any atom is 0.145 e. The zero-order valence-electron chi connectivity index (χ0n) is 9.33. The standard InChI is InChI=1S/C12H16BrNOS/c1-12(6-2-3-9(12)14)10(15)7-8-4-5-11(13)16-8/h4-5,9H,2-3,6-7,14H2,1H3. The molecule has 4 heteroatoms. The molecular formula is C12H16BrNOS. The van der Waals surface area contributed by atoms with Crippen LogP contribution < -0.4 is 5.73 Å². The lowest BCUT2D eigenvalue weighted by Gasteiger charge is -2.27. The number of nitrogens with two attached hydrogens (primary N) is 1. The van der Waals surface area contributed by atoms with Gasteiger partial charge in [0.15, 0.2) is 0 Å². The van der Waals surface area contributed by atoms with Crippen LogP contribution in [0.1, 0.15) is 31.1 Å². The molecule has 1 heterocycles. The van der Waals surface area contributed by atoms with Crippen LogP contribution in [0.25, 0.3) is 0 Å². The molecule has 2 rings (SSSR count). The molecule has 0 radical (unpaired) electrons. The van der Waals surface area contributed by atoms with Gasteiger partial charge in [-0.15, -0.1) is 11.3 Å². The minimum absolute atomic E-state index is 0.0448. The second-order valence-corrected chi connectivity index (χ2v) is 7.27. The monoisotopic (exact) mass is 301 g/mol. The van der Waals surface area contributed by atoms with Gasteiger partial charge in [-0.1, -0.05) is 13.3 Å². The highest BCUT2D eigenvalue weighted by atomic mass is 79.9. The Hall–Kier alpha value is -0.190. The Bertz CT molecular complexity index is 403. The van der Waals surface area contributed by atoms with Crippen molar-refractivity contribution in [3.05, 3.63) is 20.8 Å². The minimum atomic E-state index is -0.295. The third kappa shape index (κ3) is 2.24. The van der Waals surface area contributed by atoms with Crippen molar-refractivity contribution in [3.63, 3.8) is 0 Å². The van der Waals surface area contributed by atoms with E-state index in [1.165, 1.54) is 0 Å². The van der Waals surface area contributed by atoms with Crippen molar-refractivity contribution in [2.75, 3.05) is 0 Å². The Balaban J connectivity index is 2.08. The molecule has 0 aromatic carbocycles. The first kappa shape index (κ1) is 12.3. The zero-order chi connectivity index (χ0) is 11.8. The van der Waals surface area contributed by atoms with Gasteiger partial charge in [-0.2, -0.15) is 0 Å². The molecule has 16 heavy (non-hydrogen) atoms. The average molecular weight is 302 g/mol. The molecule has 0 amide bonds. The number of thiophene rings is 1. The smallest absolute Gasteiger partial charge is 0.145 e. The molecule has 2 nitrogen and oxygen atoms in total. The van der Waals surface area contributed by atoms with Crippen molar-refractivity contribution in [2.24, 2.45) is 11.1 Å². The maximum absolute atomic E-state index is 12.3. The molecule has 1 aliphatic rings. The number of halogens is 1. The van der Waals surface area contributed by atoms with Gasteiger partial charge < -0.3 is 5.73 Å². The van der Waals surface area contributed by atoms with E-state index in [4.69, 9.17) is 5.73 Å². The molecule has 2 atom stereocenters. The van der Waals surface area contributed by atoms with Crippen LogP contribution in [0, 0.1) is 5.41 Å². The lowest BCUT2D eigenvalue weighted by molar-refractivity contribution is -0.127. The first-order valence-corrected chi connectivity index (χ1v) is 7.16. The van der Waals surface area contributed by atoms with E-state index in [0.29, 0.717) is 12.2 Å². The fourth-order valence-electron chi connectivity index (χ4n) is 2.35. The third-order valence-corrected chi connectivity index (χ3v) is 5.25. The van der Waals surface area contributed by atoms with Crippen LogP contribution in [0.4, 0.5) is 0 Å². The SMILES string of the molecule is CC1(C(=O)Cc2ccc(Br)s2)CCCC1N. The third-order valence-electron chi connectivity index (χ3n) is 3.63. The Kier molecular flexibility index (Phi) is 3.52. The fraction of sp³-hybridized carbons (Fsp3) is 0.583. The summed E-state index contributed by atoms with van der Waals surface area (Å²) in [7, 11) is 0. The molecule has 1 aliphatic carbocycles. The van der Waals surface area contributed by atoms with Gasteiger partial charge in [0, 0.05) is 22.8 Å². The van der Waals surface area contributed by atoms with Crippen LogP contribution in [0.3, 0.4) is 0 Å². The van der Waals surface area contributed by atoms with E-state index in [2.05, 4.69) is 15.9 Å². The summed E-state index contributed by atoms with van der Waals surface area (Å²) in [6.07, 6.45) is 3.54. The Labute approximate surface area is 108 Å². The van der Waals surface area contributed by atoms with Gasteiger partial charge in [0.1, 0.15) is 5.78 Å². The lowest BCUT2D eigenvalue weighted by Crippen LogP contribution is -2.41. The number of rotatable bonds is 3. The van der Waals surface area contributed by atoms with Crippen molar-refractivity contribution >= 4 is 33.0 Å². The summed E-state index contributed by atoms with van der Waals surface area (Å²) in [5.41, 5.74) is 5.75. The number of hydrogen-bond acceptors (Lipinski definition) is 3. The van der Waals surface area contributed by atoms with Crippen molar-refractivity contribution in [1.29, 1.82) is 0 Å².